The molecule has 0 radical (unpaired) electrons. The van der Waals surface area contributed by atoms with Gasteiger partial charge in [0.25, 0.3) is 0 Å². The zero-order chi connectivity index (χ0) is 14.0. The van der Waals surface area contributed by atoms with E-state index in [1.807, 2.05) is 0 Å². The molecule has 1 atom stereocenters. The standard InChI is InChI=1S/C12H17F3N2O/c1-11(2,18-4)10(16-3)8-7-17-6-5-9(8)12(13,14)15/h5-7,10,16H,1-4H3. The highest BCUT2D eigenvalue weighted by Gasteiger charge is 2.39. The molecule has 0 saturated carbocycles. The molecule has 102 valence electrons. The van der Waals surface area contributed by atoms with E-state index in [9.17, 15) is 13.2 Å². The minimum absolute atomic E-state index is 0.0827. The molecule has 0 amide bonds. The number of halogens is 3. The quantitative estimate of drug-likeness (QED) is 0.906. The van der Waals surface area contributed by atoms with Crippen LogP contribution < -0.4 is 5.32 Å². The summed E-state index contributed by atoms with van der Waals surface area (Å²) in [6.45, 7) is 3.45. The summed E-state index contributed by atoms with van der Waals surface area (Å²) in [5.74, 6) is 0. The lowest BCUT2D eigenvalue weighted by atomic mass is 9.89. The van der Waals surface area contributed by atoms with Crippen molar-refractivity contribution in [2.75, 3.05) is 14.2 Å². The largest absolute Gasteiger partial charge is 0.416 e. The number of ether oxygens (including phenoxy) is 1. The molecule has 1 unspecified atom stereocenters. The molecule has 6 heteroatoms. The van der Waals surface area contributed by atoms with Crippen LogP contribution in [-0.4, -0.2) is 24.7 Å². The van der Waals surface area contributed by atoms with Crippen LogP contribution in [0.25, 0.3) is 0 Å². The third-order valence-electron chi connectivity index (χ3n) is 2.98. The van der Waals surface area contributed by atoms with Gasteiger partial charge in [0.2, 0.25) is 0 Å². The lowest BCUT2D eigenvalue weighted by Gasteiger charge is -2.34. The minimum atomic E-state index is -4.41. The Balaban J connectivity index is 3.31. The van der Waals surface area contributed by atoms with Gasteiger partial charge in [-0.25, -0.2) is 0 Å². The van der Waals surface area contributed by atoms with Crippen molar-refractivity contribution < 1.29 is 17.9 Å². The van der Waals surface area contributed by atoms with Crippen molar-refractivity contribution in [2.45, 2.75) is 31.7 Å². The number of rotatable bonds is 4. The molecular weight excluding hydrogens is 245 g/mol. The maximum absolute atomic E-state index is 12.9. The monoisotopic (exact) mass is 262 g/mol. The van der Waals surface area contributed by atoms with Crippen LogP contribution in [0, 0.1) is 0 Å². The predicted molar refractivity (Wildman–Crippen MR) is 62.1 cm³/mol. The maximum Gasteiger partial charge on any atom is 0.416 e. The minimum Gasteiger partial charge on any atom is -0.377 e. The molecule has 0 aliphatic heterocycles. The first-order valence-corrected chi connectivity index (χ1v) is 5.47. The maximum atomic E-state index is 12.9. The summed E-state index contributed by atoms with van der Waals surface area (Å²) in [5, 5.41) is 2.86. The van der Waals surface area contributed by atoms with Crippen molar-refractivity contribution in [3.8, 4) is 0 Å². The van der Waals surface area contributed by atoms with E-state index in [0.717, 1.165) is 12.3 Å². The highest BCUT2D eigenvalue weighted by molar-refractivity contribution is 5.31. The average Bonchev–Trinajstić information content (AvgIpc) is 2.29. The summed E-state index contributed by atoms with van der Waals surface area (Å²) < 4.78 is 44.1. The Kier molecular flexibility index (Phi) is 4.34. The number of alkyl halides is 3. The van der Waals surface area contributed by atoms with E-state index in [4.69, 9.17) is 4.74 Å². The molecular formula is C12H17F3N2O. The number of nitrogens with zero attached hydrogens (tertiary/aromatic N) is 1. The van der Waals surface area contributed by atoms with Gasteiger partial charge in [-0.2, -0.15) is 13.2 Å². The van der Waals surface area contributed by atoms with Gasteiger partial charge in [0.1, 0.15) is 0 Å². The highest BCUT2D eigenvalue weighted by Crippen LogP contribution is 2.37. The first-order chi connectivity index (χ1) is 8.24. The third-order valence-corrected chi connectivity index (χ3v) is 2.98. The molecule has 0 aliphatic carbocycles. The lowest BCUT2D eigenvalue weighted by molar-refractivity contribution is -0.139. The number of nitrogens with one attached hydrogen (secondary N) is 1. The Morgan fingerprint density at radius 3 is 2.39 bits per heavy atom. The smallest absolute Gasteiger partial charge is 0.377 e. The SMILES string of the molecule is CNC(c1cnccc1C(F)(F)F)C(C)(C)OC. The van der Waals surface area contributed by atoms with Crippen LogP contribution >= 0.6 is 0 Å². The summed E-state index contributed by atoms with van der Waals surface area (Å²) in [6.07, 6.45) is -2.04. The molecule has 1 aromatic rings. The predicted octanol–water partition coefficient (Wildman–Crippen LogP) is 2.79. The number of likely N-dealkylation sites (N-methyl/N-ethyl adjacent to an activating group) is 1. The Morgan fingerprint density at radius 1 is 1.33 bits per heavy atom. The molecule has 18 heavy (non-hydrogen) atoms. The van der Waals surface area contributed by atoms with Crippen molar-refractivity contribution in [1.82, 2.24) is 10.3 Å². The van der Waals surface area contributed by atoms with Crippen molar-refractivity contribution >= 4 is 0 Å². The summed E-state index contributed by atoms with van der Waals surface area (Å²) in [7, 11) is 3.06. The summed E-state index contributed by atoms with van der Waals surface area (Å²) in [5.41, 5.74) is -1.39. The van der Waals surface area contributed by atoms with Crippen LogP contribution in [0.5, 0.6) is 0 Å². The van der Waals surface area contributed by atoms with E-state index in [-0.39, 0.29) is 5.56 Å². The van der Waals surface area contributed by atoms with E-state index in [2.05, 4.69) is 10.3 Å². The molecule has 1 aromatic heterocycles. The molecule has 1 rings (SSSR count). The van der Waals surface area contributed by atoms with Gasteiger partial charge in [0, 0.05) is 25.1 Å². The zero-order valence-electron chi connectivity index (χ0n) is 10.8. The lowest BCUT2D eigenvalue weighted by Crippen LogP contribution is -2.40. The Bertz CT molecular complexity index is 405. The van der Waals surface area contributed by atoms with Gasteiger partial charge in [0.15, 0.2) is 0 Å². The Morgan fingerprint density at radius 2 is 1.94 bits per heavy atom. The number of hydrogen-bond donors (Lipinski definition) is 1. The molecule has 3 nitrogen and oxygen atoms in total. The number of methoxy groups -OCH3 is 1. The van der Waals surface area contributed by atoms with Crippen LogP contribution in [0.2, 0.25) is 0 Å². The van der Waals surface area contributed by atoms with Gasteiger partial charge >= 0.3 is 6.18 Å². The summed E-state index contributed by atoms with van der Waals surface area (Å²) in [4.78, 5) is 3.78. The number of pyridine rings is 1. The first kappa shape index (κ1) is 14.9. The van der Waals surface area contributed by atoms with Crippen LogP contribution in [0.1, 0.15) is 31.0 Å². The van der Waals surface area contributed by atoms with Crippen molar-refractivity contribution in [3.63, 3.8) is 0 Å². The van der Waals surface area contributed by atoms with Gasteiger partial charge in [-0.15, -0.1) is 0 Å². The van der Waals surface area contributed by atoms with Crippen LogP contribution in [0.15, 0.2) is 18.5 Å². The van der Waals surface area contributed by atoms with E-state index >= 15 is 0 Å². The molecule has 1 heterocycles. The summed E-state index contributed by atoms with van der Waals surface area (Å²) >= 11 is 0. The summed E-state index contributed by atoms with van der Waals surface area (Å²) in [6, 6.07) is 0.374. The van der Waals surface area contributed by atoms with Crippen LogP contribution in [0.4, 0.5) is 13.2 Å². The highest BCUT2D eigenvalue weighted by atomic mass is 19.4. The van der Waals surface area contributed by atoms with E-state index in [1.165, 1.54) is 13.3 Å². The molecule has 0 aliphatic rings. The molecule has 0 bridgehead atoms. The van der Waals surface area contributed by atoms with Gasteiger partial charge in [0.05, 0.1) is 17.2 Å². The Hall–Kier alpha value is -1.14. The zero-order valence-corrected chi connectivity index (χ0v) is 10.8. The van der Waals surface area contributed by atoms with E-state index in [1.54, 1.807) is 20.9 Å². The van der Waals surface area contributed by atoms with Gasteiger partial charge < -0.3 is 10.1 Å². The molecule has 0 aromatic carbocycles. The topological polar surface area (TPSA) is 34.2 Å². The van der Waals surface area contributed by atoms with Crippen molar-refractivity contribution in [2.24, 2.45) is 0 Å². The molecule has 1 N–H and O–H groups in total. The number of hydrogen-bond acceptors (Lipinski definition) is 3. The second-order valence-electron chi connectivity index (χ2n) is 4.49. The van der Waals surface area contributed by atoms with Crippen LogP contribution in [0.3, 0.4) is 0 Å². The second kappa shape index (κ2) is 5.24. The van der Waals surface area contributed by atoms with Crippen molar-refractivity contribution in [3.05, 3.63) is 29.6 Å². The van der Waals surface area contributed by atoms with E-state index in [0.29, 0.717) is 0 Å². The Labute approximate surface area is 104 Å². The fourth-order valence-electron chi connectivity index (χ4n) is 1.89. The first-order valence-electron chi connectivity index (χ1n) is 5.47. The van der Waals surface area contributed by atoms with E-state index < -0.39 is 23.4 Å². The molecule has 0 saturated heterocycles. The normalized spacial score (nSPS) is 14.6. The van der Waals surface area contributed by atoms with Gasteiger partial charge in [-0.05, 0) is 27.0 Å². The number of aromatic nitrogens is 1. The third kappa shape index (κ3) is 3.00. The fraction of sp³-hybridized carbons (Fsp3) is 0.583. The van der Waals surface area contributed by atoms with Crippen molar-refractivity contribution in [1.29, 1.82) is 0 Å². The van der Waals surface area contributed by atoms with Gasteiger partial charge in [-0.1, -0.05) is 0 Å². The average molecular weight is 262 g/mol. The molecule has 0 fully saturated rings. The fourth-order valence-corrected chi connectivity index (χ4v) is 1.89. The second-order valence-corrected chi connectivity index (χ2v) is 4.49. The van der Waals surface area contributed by atoms with Gasteiger partial charge in [-0.3, -0.25) is 4.98 Å². The van der Waals surface area contributed by atoms with Crippen LogP contribution in [-0.2, 0) is 10.9 Å². The molecule has 0 spiro atoms.